The van der Waals surface area contributed by atoms with Crippen LogP contribution in [0.15, 0.2) is 18.5 Å². The first-order valence-electron chi connectivity index (χ1n) is 6.51. The highest BCUT2D eigenvalue weighted by Crippen LogP contribution is 2.33. The number of carbonyl (C=O) groups is 1. The molecule has 6 nitrogen and oxygen atoms in total. The molecule has 0 fully saturated rings. The molecule has 2 aromatic heterocycles. The Morgan fingerprint density at radius 1 is 1.45 bits per heavy atom. The number of aryl methyl sites for hydroxylation is 1. The summed E-state index contributed by atoms with van der Waals surface area (Å²) in [4.78, 5) is 15.5. The molecule has 1 aliphatic heterocycles. The van der Waals surface area contributed by atoms with Gasteiger partial charge in [0.25, 0.3) is 5.91 Å². The van der Waals surface area contributed by atoms with Gasteiger partial charge in [0.2, 0.25) is 0 Å². The van der Waals surface area contributed by atoms with Crippen LogP contribution in [0.25, 0.3) is 11.1 Å². The molecule has 0 aromatic carbocycles. The van der Waals surface area contributed by atoms with Crippen LogP contribution in [0.4, 0.5) is 5.82 Å². The zero-order valence-corrected chi connectivity index (χ0v) is 11.7. The zero-order valence-electron chi connectivity index (χ0n) is 11.7. The number of rotatable bonds is 2. The third-order valence-corrected chi connectivity index (χ3v) is 3.18. The Balaban J connectivity index is 2.05. The second kappa shape index (κ2) is 4.63. The van der Waals surface area contributed by atoms with Gasteiger partial charge in [0.1, 0.15) is 0 Å². The summed E-state index contributed by atoms with van der Waals surface area (Å²) in [6, 6.07) is 1.89. The molecule has 6 heteroatoms. The van der Waals surface area contributed by atoms with Crippen LogP contribution in [-0.4, -0.2) is 27.3 Å². The second-order valence-corrected chi connectivity index (χ2v) is 5.16. The van der Waals surface area contributed by atoms with E-state index in [9.17, 15) is 4.79 Å². The van der Waals surface area contributed by atoms with Crippen molar-refractivity contribution >= 4 is 11.7 Å². The summed E-state index contributed by atoms with van der Waals surface area (Å²) in [6.45, 7) is 4.24. The van der Waals surface area contributed by atoms with Crippen LogP contribution in [-0.2, 0) is 11.8 Å². The molecule has 0 radical (unpaired) electrons. The van der Waals surface area contributed by atoms with Crippen molar-refractivity contribution in [3.8, 4) is 16.9 Å². The molecule has 0 unspecified atom stereocenters. The lowest BCUT2D eigenvalue weighted by molar-refractivity contribution is -0.118. The van der Waals surface area contributed by atoms with Crippen molar-refractivity contribution in [3.05, 3.63) is 24.2 Å². The normalized spacial score (nSPS) is 13.9. The molecule has 0 saturated heterocycles. The topological polar surface area (TPSA) is 69.0 Å². The minimum Gasteiger partial charge on any atom is -0.480 e. The van der Waals surface area contributed by atoms with Crippen LogP contribution in [0.1, 0.15) is 25.5 Å². The molecule has 0 saturated carbocycles. The number of amides is 1. The number of fused-ring (bicyclic) bond motifs is 1. The van der Waals surface area contributed by atoms with Gasteiger partial charge in [0, 0.05) is 30.6 Å². The number of nitrogens with zero attached hydrogens (tertiary/aromatic N) is 3. The first kappa shape index (κ1) is 12.7. The summed E-state index contributed by atoms with van der Waals surface area (Å²) in [6.07, 6.45) is 3.71. The molecule has 104 valence electrons. The van der Waals surface area contributed by atoms with Gasteiger partial charge in [-0.15, -0.1) is 0 Å². The van der Waals surface area contributed by atoms with E-state index >= 15 is 0 Å². The minimum absolute atomic E-state index is 0.0300. The van der Waals surface area contributed by atoms with Gasteiger partial charge in [0.15, 0.2) is 18.2 Å². The number of aromatic nitrogens is 3. The number of hydrogen-bond acceptors (Lipinski definition) is 4. The van der Waals surface area contributed by atoms with Crippen molar-refractivity contribution in [2.45, 2.75) is 19.8 Å². The predicted molar refractivity (Wildman–Crippen MR) is 74.7 cm³/mol. The van der Waals surface area contributed by atoms with E-state index in [1.54, 1.807) is 10.9 Å². The maximum atomic E-state index is 11.2. The van der Waals surface area contributed by atoms with Crippen LogP contribution in [0.3, 0.4) is 0 Å². The average molecular weight is 272 g/mol. The van der Waals surface area contributed by atoms with Crippen molar-refractivity contribution in [1.82, 2.24) is 14.8 Å². The standard InChI is InChI=1S/C14H16N4O2/c1-8(2)13-10(6-18(3)17-13)9-4-11-14(15-5-9)16-12(19)7-20-11/h4-6,8H,7H2,1-3H3,(H,15,16,19). The van der Waals surface area contributed by atoms with Crippen molar-refractivity contribution in [2.75, 3.05) is 11.9 Å². The number of anilines is 1. The van der Waals surface area contributed by atoms with E-state index in [1.807, 2.05) is 19.3 Å². The minimum atomic E-state index is -0.179. The van der Waals surface area contributed by atoms with Gasteiger partial charge in [-0.3, -0.25) is 9.48 Å². The van der Waals surface area contributed by atoms with E-state index in [-0.39, 0.29) is 12.5 Å². The van der Waals surface area contributed by atoms with Gasteiger partial charge in [0.05, 0.1) is 5.69 Å². The maximum absolute atomic E-state index is 11.2. The fraction of sp³-hybridized carbons (Fsp3) is 0.357. The molecule has 20 heavy (non-hydrogen) atoms. The van der Waals surface area contributed by atoms with Gasteiger partial charge in [-0.05, 0) is 12.0 Å². The number of hydrogen-bond donors (Lipinski definition) is 1. The van der Waals surface area contributed by atoms with Gasteiger partial charge < -0.3 is 10.1 Å². The third-order valence-electron chi connectivity index (χ3n) is 3.18. The van der Waals surface area contributed by atoms with E-state index in [1.165, 1.54) is 0 Å². The number of carbonyl (C=O) groups excluding carboxylic acids is 1. The summed E-state index contributed by atoms with van der Waals surface area (Å²) in [5.41, 5.74) is 3.00. The molecule has 0 aliphatic carbocycles. The fourth-order valence-corrected chi connectivity index (χ4v) is 2.26. The largest absolute Gasteiger partial charge is 0.480 e. The maximum Gasteiger partial charge on any atom is 0.263 e. The van der Waals surface area contributed by atoms with Crippen LogP contribution < -0.4 is 10.1 Å². The summed E-state index contributed by atoms with van der Waals surface area (Å²) in [5, 5.41) is 7.17. The van der Waals surface area contributed by atoms with Crippen LogP contribution in [0.2, 0.25) is 0 Å². The highest BCUT2D eigenvalue weighted by molar-refractivity contribution is 5.94. The van der Waals surface area contributed by atoms with E-state index in [4.69, 9.17) is 4.74 Å². The number of pyridine rings is 1. The summed E-state index contributed by atoms with van der Waals surface area (Å²) >= 11 is 0. The first-order valence-corrected chi connectivity index (χ1v) is 6.51. The Morgan fingerprint density at radius 3 is 3.00 bits per heavy atom. The second-order valence-electron chi connectivity index (χ2n) is 5.16. The van der Waals surface area contributed by atoms with Crippen molar-refractivity contribution in [1.29, 1.82) is 0 Å². The number of ether oxygens (including phenoxy) is 1. The van der Waals surface area contributed by atoms with E-state index in [2.05, 4.69) is 29.2 Å². The Kier molecular flexibility index (Phi) is 2.93. The van der Waals surface area contributed by atoms with Gasteiger partial charge in [-0.1, -0.05) is 13.8 Å². The fourth-order valence-electron chi connectivity index (χ4n) is 2.26. The highest BCUT2D eigenvalue weighted by atomic mass is 16.5. The first-order chi connectivity index (χ1) is 9.54. The van der Waals surface area contributed by atoms with E-state index in [0.29, 0.717) is 17.5 Å². The summed E-state index contributed by atoms with van der Waals surface area (Å²) < 4.78 is 7.20. The molecule has 0 bridgehead atoms. The zero-order chi connectivity index (χ0) is 14.3. The lowest BCUT2D eigenvalue weighted by Crippen LogP contribution is -2.26. The molecular formula is C14H16N4O2. The Hall–Kier alpha value is -2.37. The smallest absolute Gasteiger partial charge is 0.263 e. The molecule has 3 heterocycles. The van der Waals surface area contributed by atoms with Crippen molar-refractivity contribution < 1.29 is 9.53 Å². The molecule has 1 amide bonds. The molecule has 0 spiro atoms. The quantitative estimate of drug-likeness (QED) is 0.907. The molecule has 3 rings (SSSR count). The van der Waals surface area contributed by atoms with Crippen molar-refractivity contribution in [3.63, 3.8) is 0 Å². The van der Waals surface area contributed by atoms with Gasteiger partial charge in [-0.2, -0.15) is 5.10 Å². The average Bonchev–Trinajstić information content (AvgIpc) is 2.80. The Bertz CT molecular complexity index is 676. The van der Waals surface area contributed by atoms with Crippen LogP contribution >= 0.6 is 0 Å². The summed E-state index contributed by atoms with van der Waals surface area (Å²) in [5.74, 6) is 1.21. The van der Waals surface area contributed by atoms with E-state index < -0.39 is 0 Å². The molecular weight excluding hydrogens is 256 g/mol. The number of nitrogens with one attached hydrogen (secondary N) is 1. The van der Waals surface area contributed by atoms with Gasteiger partial charge >= 0.3 is 0 Å². The Labute approximate surface area is 116 Å². The molecule has 2 aromatic rings. The molecule has 1 aliphatic rings. The van der Waals surface area contributed by atoms with Crippen LogP contribution in [0, 0.1) is 0 Å². The SMILES string of the molecule is CC(C)c1nn(C)cc1-c1cnc2c(c1)OCC(=O)N2. The van der Waals surface area contributed by atoms with Crippen LogP contribution in [0.5, 0.6) is 5.75 Å². The Morgan fingerprint density at radius 2 is 2.25 bits per heavy atom. The molecule has 1 N–H and O–H groups in total. The lowest BCUT2D eigenvalue weighted by atomic mass is 10.0. The lowest BCUT2D eigenvalue weighted by Gasteiger charge is -2.17. The van der Waals surface area contributed by atoms with E-state index in [0.717, 1.165) is 16.8 Å². The predicted octanol–water partition coefficient (Wildman–Crippen LogP) is 1.94. The van der Waals surface area contributed by atoms with Crippen molar-refractivity contribution in [2.24, 2.45) is 7.05 Å². The highest BCUT2D eigenvalue weighted by Gasteiger charge is 2.20. The van der Waals surface area contributed by atoms with Gasteiger partial charge in [-0.25, -0.2) is 4.98 Å². The third kappa shape index (κ3) is 2.13. The monoisotopic (exact) mass is 272 g/mol. The molecule has 0 atom stereocenters. The summed E-state index contributed by atoms with van der Waals surface area (Å²) in [7, 11) is 1.90.